The van der Waals surface area contributed by atoms with Gasteiger partial charge in [0.05, 0.1) is 23.2 Å². The number of alkyl halides is 1. The van der Waals surface area contributed by atoms with E-state index in [1.165, 1.54) is 19.9 Å². The molecular weight excluding hydrogens is 208 g/mol. The van der Waals surface area contributed by atoms with Gasteiger partial charge in [0.25, 0.3) is 0 Å². The van der Waals surface area contributed by atoms with Crippen molar-refractivity contribution in [3.8, 4) is 0 Å². The lowest BCUT2D eigenvalue weighted by Crippen LogP contribution is -2.23. The molecule has 0 radical (unpaired) electrons. The Morgan fingerprint density at radius 1 is 1.50 bits per heavy atom. The van der Waals surface area contributed by atoms with Crippen LogP contribution in [0.3, 0.4) is 0 Å². The van der Waals surface area contributed by atoms with Crippen LogP contribution in [0.4, 0.5) is 0 Å². The Bertz CT molecular complexity index is 260. The molecule has 0 bridgehead atoms. The molecular formula is C9H13ClO4. The van der Waals surface area contributed by atoms with Gasteiger partial charge in [-0.05, 0) is 19.9 Å². The second-order valence-corrected chi connectivity index (χ2v) is 3.85. The minimum atomic E-state index is -0.830. The molecule has 0 fully saturated rings. The fourth-order valence-corrected chi connectivity index (χ4v) is 1.33. The maximum atomic E-state index is 11.2. The molecule has 2 unspecified atom stereocenters. The summed E-state index contributed by atoms with van der Waals surface area (Å²) in [4.78, 5) is 11.2. The topological polar surface area (TPSA) is 66.8 Å². The van der Waals surface area contributed by atoms with Crippen LogP contribution in [-0.4, -0.2) is 39.9 Å². The van der Waals surface area contributed by atoms with E-state index in [-0.39, 0.29) is 5.57 Å². The fraction of sp³-hybridized carbons (Fsp3) is 0.667. The summed E-state index contributed by atoms with van der Waals surface area (Å²) in [6.45, 7) is 3.00. The van der Waals surface area contributed by atoms with Gasteiger partial charge in [-0.15, -0.1) is 11.6 Å². The van der Waals surface area contributed by atoms with Gasteiger partial charge in [-0.2, -0.15) is 0 Å². The van der Waals surface area contributed by atoms with Crippen molar-refractivity contribution in [2.75, 3.05) is 0 Å². The predicted octanol–water partition coefficient (Wildman–Crippen LogP) is 0.207. The van der Waals surface area contributed by atoms with E-state index in [4.69, 9.17) is 16.3 Å². The molecule has 80 valence electrons. The Hall–Kier alpha value is -0.580. The zero-order valence-electron chi connectivity index (χ0n) is 7.98. The van der Waals surface area contributed by atoms with E-state index in [1.54, 1.807) is 0 Å². The number of halogens is 1. The monoisotopic (exact) mass is 220 g/mol. The molecule has 0 aliphatic carbocycles. The van der Waals surface area contributed by atoms with Crippen molar-refractivity contribution in [1.82, 2.24) is 0 Å². The first-order valence-electron chi connectivity index (χ1n) is 4.36. The average molecular weight is 221 g/mol. The summed E-state index contributed by atoms with van der Waals surface area (Å²) in [5.41, 5.74) is 0.215. The van der Waals surface area contributed by atoms with Gasteiger partial charge in [0.15, 0.2) is 0 Å². The van der Waals surface area contributed by atoms with Crippen molar-refractivity contribution in [1.29, 1.82) is 0 Å². The summed E-state index contributed by atoms with van der Waals surface area (Å²) < 4.78 is 4.83. The summed E-state index contributed by atoms with van der Waals surface area (Å²) in [6, 6.07) is 0. The highest BCUT2D eigenvalue weighted by Gasteiger charge is 2.34. The Morgan fingerprint density at radius 3 is 2.43 bits per heavy atom. The van der Waals surface area contributed by atoms with E-state index < -0.39 is 29.7 Å². The SMILES string of the molecule is CC(O)C(Cl)C1=C[C@H]([C@H](C)O)OC1=O. The molecule has 1 rings (SSSR count). The van der Waals surface area contributed by atoms with Crippen molar-refractivity contribution in [3.05, 3.63) is 11.6 Å². The van der Waals surface area contributed by atoms with Gasteiger partial charge in [0, 0.05) is 0 Å². The molecule has 0 aromatic heterocycles. The largest absolute Gasteiger partial charge is 0.452 e. The van der Waals surface area contributed by atoms with Gasteiger partial charge in [0.2, 0.25) is 0 Å². The second-order valence-electron chi connectivity index (χ2n) is 3.37. The quantitative estimate of drug-likeness (QED) is 0.527. The molecule has 4 atom stereocenters. The minimum Gasteiger partial charge on any atom is -0.452 e. The molecule has 0 amide bonds. The Balaban J connectivity index is 2.78. The zero-order valence-corrected chi connectivity index (χ0v) is 8.73. The summed E-state index contributed by atoms with van der Waals surface area (Å²) in [6.07, 6.45) is -0.799. The van der Waals surface area contributed by atoms with Crippen molar-refractivity contribution in [2.45, 2.75) is 37.5 Å². The number of carbonyl (C=O) groups is 1. The Kier molecular flexibility index (Phi) is 3.53. The van der Waals surface area contributed by atoms with Gasteiger partial charge >= 0.3 is 5.97 Å². The van der Waals surface area contributed by atoms with Crippen LogP contribution in [-0.2, 0) is 9.53 Å². The number of hydrogen-bond donors (Lipinski definition) is 2. The molecule has 2 N–H and O–H groups in total. The lowest BCUT2D eigenvalue weighted by Gasteiger charge is -2.11. The summed E-state index contributed by atoms with van der Waals surface area (Å²) >= 11 is 5.79. The van der Waals surface area contributed by atoms with Gasteiger partial charge in [-0.25, -0.2) is 4.79 Å². The fourth-order valence-electron chi connectivity index (χ4n) is 1.17. The number of carbonyl (C=O) groups excluding carboxylic acids is 1. The molecule has 0 aromatic rings. The molecule has 0 aromatic carbocycles. The standard InChI is InChI=1S/C9H13ClO4/c1-4(11)7-3-6(9(13)14-7)8(10)5(2)12/h3-5,7-8,11-12H,1-2H3/t4-,5?,7+,8?/m0/s1. The van der Waals surface area contributed by atoms with E-state index in [0.29, 0.717) is 0 Å². The van der Waals surface area contributed by atoms with Gasteiger partial charge in [-0.3, -0.25) is 0 Å². The van der Waals surface area contributed by atoms with Crippen LogP contribution in [0.15, 0.2) is 11.6 Å². The predicted molar refractivity (Wildman–Crippen MR) is 51.0 cm³/mol. The number of esters is 1. The molecule has 0 saturated carbocycles. The van der Waals surface area contributed by atoms with Crippen LogP contribution in [0.5, 0.6) is 0 Å². The second kappa shape index (κ2) is 4.29. The summed E-state index contributed by atoms with van der Waals surface area (Å²) in [7, 11) is 0. The van der Waals surface area contributed by atoms with Gasteiger partial charge < -0.3 is 14.9 Å². The number of cyclic esters (lactones) is 1. The molecule has 1 heterocycles. The first kappa shape index (κ1) is 11.5. The molecule has 0 saturated heterocycles. The highest BCUT2D eigenvalue weighted by atomic mass is 35.5. The summed E-state index contributed by atoms with van der Waals surface area (Å²) in [5, 5.41) is 17.6. The van der Waals surface area contributed by atoms with Crippen LogP contribution in [0, 0.1) is 0 Å². The lowest BCUT2D eigenvalue weighted by molar-refractivity contribution is -0.143. The first-order valence-corrected chi connectivity index (χ1v) is 4.80. The van der Waals surface area contributed by atoms with Crippen LogP contribution < -0.4 is 0 Å². The molecule has 0 spiro atoms. The van der Waals surface area contributed by atoms with Crippen LogP contribution >= 0.6 is 11.6 Å². The van der Waals surface area contributed by atoms with Crippen LogP contribution in [0.1, 0.15) is 13.8 Å². The number of ether oxygens (including phenoxy) is 1. The first-order chi connectivity index (χ1) is 6.43. The molecule has 14 heavy (non-hydrogen) atoms. The Morgan fingerprint density at radius 2 is 2.07 bits per heavy atom. The van der Waals surface area contributed by atoms with E-state index >= 15 is 0 Å². The average Bonchev–Trinajstić information content (AvgIpc) is 2.46. The highest BCUT2D eigenvalue weighted by Crippen LogP contribution is 2.24. The van der Waals surface area contributed by atoms with Gasteiger partial charge in [-0.1, -0.05) is 0 Å². The van der Waals surface area contributed by atoms with Crippen molar-refractivity contribution in [2.24, 2.45) is 0 Å². The van der Waals surface area contributed by atoms with Crippen molar-refractivity contribution in [3.63, 3.8) is 0 Å². The highest BCUT2D eigenvalue weighted by molar-refractivity contribution is 6.25. The van der Waals surface area contributed by atoms with Crippen molar-refractivity contribution < 1.29 is 19.7 Å². The smallest absolute Gasteiger partial charge is 0.336 e. The van der Waals surface area contributed by atoms with Crippen molar-refractivity contribution >= 4 is 17.6 Å². The normalized spacial score (nSPS) is 27.9. The Labute approximate surface area is 87.1 Å². The third kappa shape index (κ3) is 2.26. The van der Waals surface area contributed by atoms with E-state index in [9.17, 15) is 15.0 Å². The lowest BCUT2D eigenvalue weighted by atomic mass is 10.1. The molecule has 5 heteroatoms. The van der Waals surface area contributed by atoms with E-state index in [0.717, 1.165) is 0 Å². The third-order valence-electron chi connectivity index (χ3n) is 2.02. The van der Waals surface area contributed by atoms with E-state index in [2.05, 4.69) is 0 Å². The van der Waals surface area contributed by atoms with E-state index in [1.807, 2.05) is 0 Å². The number of rotatable bonds is 3. The number of aliphatic hydroxyl groups is 2. The molecule has 1 aliphatic heterocycles. The zero-order chi connectivity index (χ0) is 10.9. The summed E-state index contributed by atoms with van der Waals surface area (Å²) in [5.74, 6) is -0.572. The van der Waals surface area contributed by atoms with Gasteiger partial charge in [0.1, 0.15) is 6.10 Å². The molecule has 1 aliphatic rings. The molecule has 4 nitrogen and oxygen atoms in total. The maximum Gasteiger partial charge on any atom is 0.336 e. The third-order valence-corrected chi connectivity index (χ3v) is 2.62. The minimum absolute atomic E-state index is 0.215. The van der Waals surface area contributed by atoms with Crippen LogP contribution in [0.25, 0.3) is 0 Å². The maximum absolute atomic E-state index is 11.2. The number of hydrogen-bond acceptors (Lipinski definition) is 4. The number of aliphatic hydroxyl groups excluding tert-OH is 2. The van der Waals surface area contributed by atoms with Crippen LogP contribution in [0.2, 0.25) is 0 Å².